The van der Waals surface area contributed by atoms with Crippen LogP contribution < -0.4 is 15.8 Å². The highest BCUT2D eigenvalue weighted by Gasteiger charge is 2.21. The summed E-state index contributed by atoms with van der Waals surface area (Å²) in [5.41, 5.74) is 6.83. The SMILES string of the molecule is Cc1cc(C#Cc2ccccn2)cc(C)c1Nc1nc(NC2CCN(Cc3ccc(S(N)(=O)=O)cc3)CC2)nc2ccsc12. The van der Waals surface area contributed by atoms with Gasteiger partial charge in [-0.1, -0.05) is 24.1 Å². The molecule has 1 aliphatic rings. The van der Waals surface area contributed by atoms with Crippen molar-refractivity contribution in [2.24, 2.45) is 5.14 Å². The van der Waals surface area contributed by atoms with Gasteiger partial charge in [-0.2, -0.15) is 4.98 Å². The Kier molecular flexibility index (Phi) is 8.59. The first-order chi connectivity index (χ1) is 21.2. The van der Waals surface area contributed by atoms with E-state index in [4.69, 9.17) is 15.1 Å². The lowest BCUT2D eigenvalue weighted by molar-refractivity contribution is 0.211. The predicted molar refractivity (Wildman–Crippen MR) is 177 cm³/mol. The summed E-state index contributed by atoms with van der Waals surface area (Å²) in [6.07, 6.45) is 3.64. The highest BCUT2D eigenvalue weighted by molar-refractivity contribution is 7.89. The van der Waals surface area contributed by atoms with E-state index in [1.807, 2.05) is 41.8 Å². The van der Waals surface area contributed by atoms with E-state index >= 15 is 0 Å². The number of nitrogens with one attached hydrogen (secondary N) is 2. The summed E-state index contributed by atoms with van der Waals surface area (Å²) in [6, 6.07) is 19.0. The molecular formula is C33H33N7O2S2. The lowest BCUT2D eigenvalue weighted by Gasteiger charge is -2.32. The summed E-state index contributed by atoms with van der Waals surface area (Å²) >= 11 is 1.62. The van der Waals surface area contributed by atoms with Crippen molar-refractivity contribution in [1.82, 2.24) is 19.9 Å². The van der Waals surface area contributed by atoms with Gasteiger partial charge in [-0.15, -0.1) is 11.3 Å². The number of hydrogen-bond donors (Lipinski definition) is 3. The Morgan fingerprint density at radius 1 is 1.00 bits per heavy atom. The smallest absolute Gasteiger partial charge is 0.238 e. The Morgan fingerprint density at radius 2 is 1.75 bits per heavy atom. The number of piperidine rings is 1. The molecule has 44 heavy (non-hydrogen) atoms. The number of fused-ring (bicyclic) bond motifs is 1. The lowest BCUT2D eigenvalue weighted by atomic mass is 10.0. The van der Waals surface area contributed by atoms with Gasteiger partial charge in [0.15, 0.2) is 5.82 Å². The van der Waals surface area contributed by atoms with Gasteiger partial charge in [0.05, 0.1) is 15.1 Å². The molecule has 0 atom stereocenters. The van der Waals surface area contributed by atoms with Crippen LogP contribution >= 0.6 is 11.3 Å². The Hall–Kier alpha value is -4.34. The van der Waals surface area contributed by atoms with Crippen molar-refractivity contribution in [2.75, 3.05) is 23.7 Å². The first-order valence-electron chi connectivity index (χ1n) is 14.4. The molecule has 4 N–H and O–H groups in total. The summed E-state index contributed by atoms with van der Waals surface area (Å²) in [5, 5.41) is 14.4. The van der Waals surface area contributed by atoms with Gasteiger partial charge < -0.3 is 10.6 Å². The van der Waals surface area contributed by atoms with E-state index < -0.39 is 10.0 Å². The number of hydrogen-bond acceptors (Lipinski definition) is 9. The van der Waals surface area contributed by atoms with E-state index in [1.165, 1.54) is 0 Å². The molecule has 1 fully saturated rings. The number of thiophene rings is 1. The first kappa shape index (κ1) is 29.7. The maximum absolute atomic E-state index is 11.5. The predicted octanol–water partition coefficient (Wildman–Crippen LogP) is 5.57. The Morgan fingerprint density at radius 3 is 2.43 bits per heavy atom. The highest BCUT2D eigenvalue weighted by atomic mass is 32.2. The molecule has 0 bridgehead atoms. The minimum Gasteiger partial charge on any atom is -0.351 e. The number of rotatable bonds is 7. The summed E-state index contributed by atoms with van der Waals surface area (Å²) in [6.45, 7) is 6.74. The van der Waals surface area contributed by atoms with Crippen LogP contribution in [-0.2, 0) is 16.6 Å². The second kappa shape index (κ2) is 12.7. The van der Waals surface area contributed by atoms with Crippen LogP contribution in [0.15, 0.2) is 77.1 Å². The fourth-order valence-electron chi connectivity index (χ4n) is 5.40. The fraction of sp³-hybridized carbons (Fsp3) is 0.242. The van der Waals surface area contributed by atoms with Crippen LogP contribution in [0.5, 0.6) is 0 Å². The molecule has 224 valence electrons. The van der Waals surface area contributed by atoms with Gasteiger partial charge in [0.25, 0.3) is 0 Å². The molecule has 0 spiro atoms. The van der Waals surface area contributed by atoms with Gasteiger partial charge >= 0.3 is 0 Å². The molecule has 0 amide bonds. The van der Waals surface area contributed by atoms with Crippen LogP contribution in [-0.4, -0.2) is 47.4 Å². The molecule has 0 unspecified atom stereocenters. The molecule has 4 heterocycles. The maximum atomic E-state index is 11.5. The molecule has 1 aliphatic heterocycles. The normalized spacial score (nSPS) is 14.2. The summed E-state index contributed by atoms with van der Waals surface area (Å²) in [5.74, 6) is 7.77. The molecule has 0 saturated carbocycles. The third-order valence-electron chi connectivity index (χ3n) is 7.66. The molecule has 5 aromatic rings. The van der Waals surface area contributed by atoms with Gasteiger partial charge in [-0.25, -0.2) is 23.5 Å². The lowest BCUT2D eigenvalue weighted by Crippen LogP contribution is -2.39. The third-order valence-corrected chi connectivity index (χ3v) is 9.50. The molecule has 9 nitrogen and oxygen atoms in total. The van der Waals surface area contributed by atoms with Gasteiger partial charge in [-0.3, -0.25) is 4.90 Å². The Bertz CT molecular complexity index is 1930. The molecule has 0 radical (unpaired) electrons. The van der Waals surface area contributed by atoms with Crippen molar-refractivity contribution in [3.63, 3.8) is 0 Å². The second-order valence-corrected chi connectivity index (χ2v) is 13.5. The number of aromatic nitrogens is 3. The molecule has 3 aromatic heterocycles. The number of benzene rings is 2. The first-order valence-corrected chi connectivity index (χ1v) is 16.8. The highest BCUT2D eigenvalue weighted by Crippen LogP contribution is 2.33. The van der Waals surface area contributed by atoms with Crippen molar-refractivity contribution in [3.8, 4) is 11.8 Å². The van der Waals surface area contributed by atoms with Crippen LogP contribution in [0.1, 0.15) is 40.8 Å². The minimum absolute atomic E-state index is 0.133. The largest absolute Gasteiger partial charge is 0.351 e. The number of aryl methyl sites for hydroxylation is 2. The molecule has 0 aliphatic carbocycles. The Labute approximate surface area is 261 Å². The van der Waals surface area contributed by atoms with Crippen LogP contribution in [0.4, 0.5) is 17.5 Å². The average molecular weight is 624 g/mol. The van der Waals surface area contributed by atoms with Crippen molar-refractivity contribution in [2.45, 2.75) is 44.2 Å². The Balaban J connectivity index is 1.13. The van der Waals surface area contributed by atoms with Gasteiger partial charge in [-0.05, 0) is 97.1 Å². The quantitative estimate of drug-likeness (QED) is 0.201. The second-order valence-electron chi connectivity index (χ2n) is 11.0. The number of likely N-dealkylation sites (tertiary alicyclic amines) is 1. The number of nitrogens with zero attached hydrogens (tertiary/aromatic N) is 4. The van der Waals surface area contributed by atoms with Gasteiger partial charge in [0.1, 0.15) is 5.69 Å². The maximum Gasteiger partial charge on any atom is 0.238 e. The van der Waals surface area contributed by atoms with Crippen LogP contribution in [0, 0.1) is 25.7 Å². The van der Waals surface area contributed by atoms with Crippen molar-refractivity contribution in [1.29, 1.82) is 0 Å². The topological polar surface area (TPSA) is 126 Å². The van der Waals surface area contributed by atoms with Crippen LogP contribution in [0.2, 0.25) is 0 Å². The van der Waals surface area contributed by atoms with Crippen molar-refractivity contribution < 1.29 is 8.42 Å². The zero-order valence-corrected chi connectivity index (χ0v) is 26.2. The molecule has 11 heteroatoms. The summed E-state index contributed by atoms with van der Waals surface area (Å²) in [7, 11) is -3.68. The zero-order chi connectivity index (χ0) is 30.7. The van der Waals surface area contributed by atoms with Gasteiger partial charge in [0.2, 0.25) is 16.0 Å². The summed E-state index contributed by atoms with van der Waals surface area (Å²) in [4.78, 5) is 16.5. The van der Waals surface area contributed by atoms with Crippen molar-refractivity contribution >= 4 is 49.0 Å². The number of anilines is 3. The number of sulfonamides is 1. The summed E-state index contributed by atoms with van der Waals surface area (Å²) < 4.78 is 24.1. The van der Waals surface area contributed by atoms with Crippen LogP contribution in [0.25, 0.3) is 10.2 Å². The molecular weight excluding hydrogens is 591 g/mol. The average Bonchev–Trinajstić information content (AvgIpc) is 3.48. The van der Waals surface area contributed by atoms with Gasteiger partial charge in [0, 0.05) is 43.1 Å². The monoisotopic (exact) mass is 623 g/mol. The van der Waals surface area contributed by atoms with E-state index in [2.05, 4.69) is 58.3 Å². The van der Waals surface area contributed by atoms with Crippen LogP contribution in [0.3, 0.4) is 0 Å². The molecule has 1 saturated heterocycles. The van der Waals surface area contributed by atoms with Crippen molar-refractivity contribution in [3.05, 3.63) is 100 Å². The number of nitrogens with two attached hydrogens (primary N) is 1. The van der Waals surface area contributed by atoms with E-state index in [9.17, 15) is 8.42 Å². The van der Waals surface area contributed by atoms with E-state index in [-0.39, 0.29) is 10.9 Å². The third kappa shape index (κ3) is 7.06. The van der Waals surface area contributed by atoms with E-state index in [0.717, 1.165) is 82.1 Å². The number of primary sulfonamides is 1. The fourth-order valence-corrected chi connectivity index (χ4v) is 6.69. The zero-order valence-electron chi connectivity index (χ0n) is 24.5. The molecule has 6 rings (SSSR count). The molecule has 2 aromatic carbocycles. The standard InChI is InChI=1S/C33H33N7O2S2/c1-22-19-25(6-9-26-5-3-4-15-35-26)20-23(2)30(22)38-32-31-29(14-18-43-31)37-33(39-32)36-27-12-16-40(17-13-27)21-24-7-10-28(11-8-24)44(34,41)42/h3-5,7-8,10-11,14-15,18-20,27H,12-13,16-17,21H2,1-2H3,(H2,34,41,42)(H2,36,37,38,39). The minimum atomic E-state index is -3.68. The number of pyridine rings is 1. The van der Waals surface area contributed by atoms with E-state index in [1.54, 1.807) is 29.7 Å². The van der Waals surface area contributed by atoms with E-state index in [0.29, 0.717) is 5.95 Å².